The van der Waals surface area contributed by atoms with Crippen LogP contribution in [0, 0.1) is 10.1 Å². The van der Waals surface area contributed by atoms with Crippen molar-refractivity contribution in [1.29, 1.82) is 0 Å². The molecule has 6 nitrogen and oxygen atoms in total. The lowest BCUT2D eigenvalue weighted by molar-refractivity contribution is -0.384. The number of fused-ring (bicyclic) bond motifs is 1. The minimum absolute atomic E-state index is 0.00296. The molecule has 1 amide bonds. The van der Waals surface area contributed by atoms with Gasteiger partial charge in [0.15, 0.2) is 0 Å². The number of aromatic amines is 1. The zero-order valence-corrected chi connectivity index (χ0v) is 9.43. The van der Waals surface area contributed by atoms with E-state index in [0.717, 1.165) is 0 Å². The number of nitro groups is 1. The van der Waals surface area contributed by atoms with Crippen LogP contribution in [0.3, 0.4) is 0 Å². The maximum absolute atomic E-state index is 11.8. The van der Waals surface area contributed by atoms with Gasteiger partial charge in [-0.25, -0.2) is 0 Å². The molecule has 2 rings (SSSR count). The Morgan fingerprint density at radius 1 is 1.41 bits per heavy atom. The maximum atomic E-state index is 11.8. The van der Waals surface area contributed by atoms with Gasteiger partial charge in [0.1, 0.15) is 0 Å². The lowest BCUT2D eigenvalue weighted by Crippen LogP contribution is -2.21. The Hall–Kier alpha value is -2.37. The fraction of sp³-hybridized carbons (Fsp3) is 0.182. The first-order chi connectivity index (χ1) is 8.00. The molecule has 88 valence electrons. The molecule has 1 aromatic carbocycles. The number of hydrogen-bond acceptors (Lipinski definition) is 3. The van der Waals surface area contributed by atoms with Crippen molar-refractivity contribution in [3.8, 4) is 0 Å². The Bertz CT molecular complexity index is 601. The Kier molecular flexibility index (Phi) is 2.55. The monoisotopic (exact) mass is 233 g/mol. The van der Waals surface area contributed by atoms with Gasteiger partial charge in [-0.1, -0.05) is 0 Å². The summed E-state index contributed by atoms with van der Waals surface area (Å²) in [5.41, 5.74) is 1.10. The van der Waals surface area contributed by atoms with Gasteiger partial charge in [-0.05, 0) is 6.07 Å². The van der Waals surface area contributed by atoms with Gasteiger partial charge in [0.05, 0.1) is 16.0 Å². The van der Waals surface area contributed by atoms with Gasteiger partial charge in [-0.15, -0.1) is 0 Å². The summed E-state index contributed by atoms with van der Waals surface area (Å²) in [6.07, 6.45) is 1.57. The highest BCUT2D eigenvalue weighted by Crippen LogP contribution is 2.23. The topological polar surface area (TPSA) is 79.2 Å². The Morgan fingerprint density at radius 3 is 2.71 bits per heavy atom. The second kappa shape index (κ2) is 3.89. The molecule has 0 saturated heterocycles. The van der Waals surface area contributed by atoms with E-state index < -0.39 is 4.92 Å². The molecular weight excluding hydrogens is 222 g/mol. The van der Waals surface area contributed by atoms with Crippen molar-refractivity contribution in [3.63, 3.8) is 0 Å². The first-order valence-electron chi connectivity index (χ1n) is 4.98. The molecule has 17 heavy (non-hydrogen) atoms. The van der Waals surface area contributed by atoms with Gasteiger partial charge >= 0.3 is 0 Å². The summed E-state index contributed by atoms with van der Waals surface area (Å²) < 4.78 is 0. The number of rotatable bonds is 2. The van der Waals surface area contributed by atoms with Crippen LogP contribution in [0.15, 0.2) is 24.4 Å². The Labute approximate surface area is 97.0 Å². The van der Waals surface area contributed by atoms with Crippen molar-refractivity contribution < 1.29 is 9.72 Å². The number of carbonyl (C=O) groups is 1. The quantitative estimate of drug-likeness (QED) is 0.634. The van der Waals surface area contributed by atoms with Crippen LogP contribution in [0.4, 0.5) is 5.69 Å². The van der Waals surface area contributed by atoms with Crippen molar-refractivity contribution in [2.24, 2.45) is 0 Å². The van der Waals surface area contributed by atoms with E-state index in [2.05, 4.69) is 4.98 Å². The van der Waals surface area contributed by atoms with Crippen LogP contribution in [0.2, 0.25) is 0 Å². The van der Waals surface area contributed by atoms with Crippen molar-refractivity contribution in [2.45, 2.75) is 0 Å². The summed E-state index contributed by atoms with van der Waals surface area (Å²) in [4.78, 5) is 26.3. The standard InChI is InChI=1S/C11H11N3O3/c1-13(2)11(15)9-6-12-10-5-7(14(16)17)3-4-8(9)10/h3-6,12H,1-2H3. The molecular formula is C11H11N3O3. The molecule has 0 spiro atoms. The van der Waals surface area contributed by atoms with Gasteiger partial charge in [0.2, 0.25) is 0 Å². The number of nitrogens with zero attached hydrogens (tertiary/aromatic N) is 2. The minimum atomic E-state index is -0.465. The highest BCUT2D eigenvalue weighted by molar-refractivity contribution is 6.06. The van der Waals surface area contributed by atoms with Gasteiger partial charge < -0.3 is 9.88 Å². The van der Waals surface area contributed by atoms with Crippen LogP contribution in [-0.2, 0) is 0 Å². The van der Waals surface area contributed by atoms with Crippen LogP contribution >= 0.6 is 0 Å². The number of nitro benzene ring substituents is 1. The number of amides is 1. The van der Waals surface area contributed by atoms with Gasteiger partial charge in [0, 0.05) is 37.8 Å². The van der Waals surface area contributed by atoms with E-state index >= 15 is 0 Å². The molecule has 0 fully saturated rings. The third-order valence-electron chi connectivity index (χ3n) is 2.51. The predicted molar refractivity (Wildman–Crippen MR) is 63.0 cm³/mol. The van der Waals surface area contributed by atoms with Crippen LogP contribution < -0.4 is 0 Å². The van der Waals surface area contributed by atoms with Crippen LogP contribution in [0.1, 0.15) is 10.4 Å². The lowest BCUT2D eigenvalue weighted by atomic mass is 10.1. The van der Waals surface area contributed by atoms with Crippen LogP contribution in [0.25, 0.3) is 10.9 Å². The highest BCUT2D eigenvalue weighted by Gasteiger charge is 2.15. The van der Waals surface area contributed by atoms with Crippen LogP contribution in [0.5, 0.6) is 0 Å². The molecule has 0 aliphatic heterocycles. The molecule has 0 atom stereocenters. The van der Waals surface area contributed by atoms with Gasteiger partial charge in [-0.2, -0.15) is 0 Å². The average Bonchev–Trinajstić information content (AvgIpc) is 2.70. The summed E-state index contributed by atoms with van der Waals surface area (Å²) in [5.74, 6) is -0.134. The smallest absolute Gasteiger partial charge is 0.271 e. The molecule has 2 aromatic rings. The second-order valence-electron chi connectivity index (χ2n) is 3.89. The van der Waals surface area contributed by atoms with E-state index in [4.69, 9.17) is 0 Å². The van der Waals surface area contributed by atoms with Gasteiger partial charge in [0.25, 0.3) is 11.6 Å². The second-order valence-corrected chi connectivity index (χ2v) is 3.89. The number of non-ortho nitro benzene ring substituents is 1. The number of carbonyl (C=O) groups excluding carboxylic acids is 1. The number of benzene rings is 1. The molecule has 0 radical (unpaired) electrons. The number of nitrogens with one attached hydrogen (secondary N) is 1. The van der Waals surface area contributed by atoms with E-state index in [1.807, 2.05) is 0 Å². The first-order valence-corrected chi connectivity index (χ1v) is 4.98. The minimum Gasteiger partial charge on any atom is -0.360 e. The van der Waals surface area contributed by atoms with Gasteiger partial charge in [-0.3, -0.25) is 14.9 Å². The summed E-state index contributed by atoms with van der Waals surface area (Å²) >= 11 is 0. The Balaban J connectivity index is 2.56. The van der Waals surface area contributed by atoms with Crippen molar-refractivity contribution >= 4 is 22.5 Å². The molecule has 6 heteroatoms. The molecule has 0 saturated carbocycles. The summed E-state index contributed by atoms with van der Waals surface area (Å²) in [6, 6.07) is 4.39. The molecule has 0 unspecified atom stereocenters. The van der Waals surface area contributed by atoms with E-state index in [9.17, 15) is 14.9 Å². The van der Waals surface area contributed by atoms with Crippen molar-refractivity contribution in [2.75, 3.05) is 14.1 Å². The molecule has 1 aromatic heterocycles. The SMILES string of the molecule is CN(C)C(=O)c1c[nH]c2cc([N+](=O)[O-])ccc12. The van der Waals surface area contributed by atoms with Crippen LogP contribution in [-0.4, -0.2) is 34.8 Å². The number of aromatic nitrogens is 1. The maximum Gasteiger partial charge on any atom is 0.271 e. The number of hydrogen-bond donors (Lipinski definition) is 1. The third-order valence-corrected chi connectivity index (χ3v) is 2.51. The highest BCUT2D eigenvalue weighted by atomic mass is 16.6. The molecule has 1 heterocycles. The molecule has 0 bridgehead atoms. The van der Waals surface area contributed by atoms with E-state index in [0.29, 0.717) is 16.5 Å². The summed E-state index contributed by atoms with van der Waals surface area (Å²) in [7, 11) is 3.32. The van der Waals surface area contributed by atoms with E-state index in [1.165, 1.54) is 17.0 Å². The van der Waals surface area contributed by atoms with E-state index in [1.54, 1.807) is 26.4 Å². The molecule has 0 aliphatic carbocycles. The molecule has 1 N–H and O–H groups in total. The Morgan fingerprint density at radius 2 is 2.12 bits per heavy atom. The fourth-order valence-corrected chi connectivity index (χ4v) is 1.65. The van der Waals surface area contributed by atoms with Crippen molar-refractivity contribution in [1.82, 2.24) is 9.88 Å². The van der Waals surface area contributed by atoms with E-state index in [-0.39, 0.29) is 11.6 Å². The normalized spacial score (nSPS) is 10.5. The largest absolute Gasteiger partial charge is 0.360 e. The molecule has 0 aliphatic rings. The summed E-state index contributed by atoms with van der Waals surface area (Å²) in [5, 5.41) is 11.3. The predicted octanol–water partition coefficient (Wildman–Crippen LogP) is 1.78. The fourth-order valence-electron chi connectivity index (χ4n) is 1.65. The summed E-state index contributed by atoms with van der Waals surface area (Å²) in [6.45, 7) is 0. The zero-order chi connectivity index (χ0) is 12.6. The zero-order valence-electron chi connectivity index (χ0n) is 9.43. The number of H-pyrrole nitrogens is 1. The van der Waals surface area contributed by atoms with Crippen molar-refractivity contribution in [3.05, 3.63) is 40.1 Å². The average molecular weight is 233 g/mol. The first kappa shape index (κ1) is 11.1. The lowest BCUT2D eigenvalue weighted by Gasteiger charge is -2.08. The third kappa shape index (κ3) is 1.84.